The Bertz CT molecular complexity index is 404. The maximum absolute atomic E-state index is 11.0. The lowest BCUT2D eigenvalue weighted by Gasteiger charge is -2.31. The standard InChI is InChI=1S/C11H15BrN4O/c12-10-9(2-1-5-14-10)15-8-3-6-16(7-4-8)11(13)17/h1-2,5,8,15H,3-4,6-7H2,(H2,13,17). The fourth-order valence-corrected chi connectivity index (χ4v) is 2.32. The molecule has 2 amide bonds. The molecule has 1 aromatic heterocycles. The van der Waals surface area contributed by atoms with E-state index in [0.717, 1.165) is 23.1 Å². The topological polar surface area (TPSA) is 71.2 Å². The quantitative estimate of drug-likeness (QED) is 0.818. The minimum absolute atomic E-state index is 0.328. The average Bonchev–Trinajstić information content (AvgIpc) is 2.33. The number of hydrogen-bond acceptors (Lipinski definition) is 3. The van der Waals surface area contributed by atoms with Gasteiger partial charge in [0.2, 0.25) is 0 Å². The summed E-state index contributed by atoms with van der Waals surface area (Å²) < 4.78 is 0.817. The fraction of sp³-hybridized carbons (Fsp3) is 0.455. The van der Waals surface area contributed by atoms with E-state index in [2.05, 4.69) is 26.2 Å². The molecule has 3 N–H and O–H groups in total. The number of halogens is 1. The molecule has 0 aliphatic carbocycles. The monoisotopic (exact) mass is 298 g/mol. The third-order valence-electron chi connectivity index (χ3n) is 2.93. The average molecular weight is 299 g/mol. The molecule has 0 bridgehead atoms. The van der Waals surface area contributed by atoms with Crippen molar-refractivity contribution in [2.75, 3.05) is 18.4 Å². The van der Waals surface area contributed by atoms with Crippen LogP contribution in [0.1, 0.15) is 12.8 Å². The first-order valence-corrected chi connectivity index (χ1v) is 6.37. The third-order valence-corrected chi connectivity index (χ3v) is 3.56. The van der Waals surface area contributed by atoms with Crippen molar-refractivity contribution in [1.29, 1.82) is 0 Å². The molecule has 0 aromatic carbocycles. The van der Waals surface area contributed by atoms with Crippen molar-refractivity contribution < 1.29 is 4.79 Å². The van der Waals surface area contributed by atoms with Gasteiger partial charge in [0.05, 0.1) is 5.69 Å². The summed E-state index contributed by atoms with van der Waals surface area (Å²) in [4.78, 5) is 16.8. The van der Waals surface area contributed by atoms with Crippen molar-refractivity contribution in [2.45, 2.75) is 18.9 Å². The van der Waals surface area contributed by atoms with Crippen LogP contribution >= 0.6 is 15.9 Å². The maximum Gasteiger partial charge on any atom is 0.314 e. The molecular formula is C11H15BrN4O. The Kier molecular flexibility index (Phi) is 3.83. The highest BCUT2D eigenvalue weighted by Gasteiger charge is 2.21. The number of piperidine rings is 1. The van der Waals surface area contributed by atoms with Gasteiger partial charge in [-0.2, -0.15) is 0 Å². The summed E-state index contributed by atoms with van der Waals surface area (Å²) in [6.07, 6.45) is 3.56. The van der Waals surface area contributed by atoms with E-state index in [0.29, 0.717) is 19.1 Å². The second-order valence-electron chi connectivity index (χ2n) is 4.09. The Balaban J connectivity index is 1.90. The number of anilines is 1. The number of nitrogens with one attached hydrogen (secondary N) is 1. The summed E-state index contributed by atoms with van der Waals surface area (Å²) >= 11 is 3.40. The lowest BCUT2D eigenvalue weighted by Crippen LogP contribution is -2.44. The zero-order valence-electron chi connectivity index (χ0n) is 9.40. The van der Waals surface area contributed by atoms with Crippen molar-refractivity contribution in [2.24, 2.45) is 5.73 Å². The van der Waals surface area contributed by atoms with E-state index in [9.17, 15) is 4.79 Å². The normalized spacial score (nSPS) is 16.9. The number of hydrogen-bond donors (Lipinski definition) is 2. The molecule has 1 saturated heterocycles. The van der Waals surface area contributed by atoms with Gasteiger partial charge in [0.1, 0.15) is 4.60 Å². The molecule has 1 aliphatic heterocycles. The number of nitrogens with two attached hydrogens (primary N) is 1. The lowest BCUT2D eigenvalue weighted by molar-refractivity contribution is 0.193. The molecule has 92 valence electrons. The first-order valence-electron chi connectivity index (χ1n) is 5.58. The molecule has 2 rings (SSSR count). The number of urea groups is 1. The number of primary amides is 1. The van der Waals surface area contributed by atoms with Gasteiger partial charge in [0.15, 0.2) is 0 Å². The summed E-state index contributed by atoms with van der Waals surface area (Å²) in [6.45, 7) is 1.43. The van der Waals surface area contributed by atoms with E-state index in [4.69, 9.17) is 5.73 Å². The number of likely N-dealkylation sites (tertiary alicyclic amines) is 1. The number of carbonyl (C=O) groups is 1. The molecule has 0 unspecified atom stereocenters. The van der Waals surface area contributed by atoms with Gasteiger partial charge in [-0.1, -0.05) is 0 Å². The van der Waals surface area contributed by atoms with Gasteiger partial charge in [-0.15, -0.1) is 0 Å². The summed E-state index contributed by atoms with van der Waals surface area (Å²) in [7, 11) is 0. The predicted molar refractivity (Wildman–Crippen MR) is 69.7 cm³/mol. The Morgan fingerprint density at radius 2 is 2.24 bits per heavy atom. The van der Waals surface area contributed by atoms with Gasteiger partial charge >= 0.3 is 6.03 Å². The highest BCUT2D eigenvalue weighted by atomic mass is 79.9. The summed E-state index contributed by atoms with van der Waals surface area (Å²) in [5, 5.41) is 3.42. The maximum atomic E-state index is 11.0. The third kappa shape index (κ3) is 3.09. The Hall–Kier alpha value is -1.30. The fourth-order valence-electron chi connectivity index (χ4n) is 1.96. The summed E-state index contributed by atoms with van der Waals surface area (Å²) in [5.41, 5.74) is 6.23. The zero-order valence-corrected chi connectivity index (χ0v) is 11.0. The molecule has 0 spiro atoms. The van der Waals surface area contributed by atoms with Crippen LogP contribution in [0, 0.1) is 0 Å². The van der Waals surface area contributed by atoms with Crippen molar-refractivity contribution in [3.8, 4) is 0 Å². The van der Waals surface area contributed by atoms with E-state index < -0.39 is 0 Å². The molecule has 1 fully saturated rings. The van der Waals surface area contributed by atoms with Gasteiger partial charge in [-0.05, 0) is 40.9 Å². The smallest absolute Gasteiger partial charge is 0.314 e. The van der Waals surface area contributed by atoms with Gasteiger partial charge in [0, 0.05) is 25.3 Å². The van der Waals surface area contributed by atoms with Gasteiger partial charge < -0.3 is 16.0 Å². The van der Waals surface area contributed by atoms with Crippen LogP contribution in [-0.2, 0) is 0 Å². The number of amides is 2. The number of rotatable bonds is 2. The first-order chi connectivity index (χ1) is 8.16. The van der Waals surface area contributed by atoms with Gasteiger partial charge in [-0.25, -0.2) is 9.78 Å². The second kappa shape index (κ2) is 5.35. The highest BCUT2D eigenvalue weighted by Crippen LogP contribution is 2.22. The van der Waals surface area contributed by atoms with Crippen LogP contribution in [0.5, 0.6) is 0 Å². The highest BCUT2D eigenvalue weighted by molar-refractivity contribution is 9.10. The van der Waals surface area contributed by atoms with Crippen LogP contribution in [0.15, 0.2) is 22.9 Å². The molecule has 1 aromatic rings. The van der Waals surface area contributed by atoms with Crippen molar-refractivity contribution in [1.82, 2.24) is 9.88 Å². The zero-order chi connectivity index (χ0) is 12.3. The molecule has 1 aliphatic rings. The van der Waals surface area contributed by atoms with Crippen LogP contribution in [-0.4, -0.2) is 35.0 Å². The van der Waals surface area contributed by atoms with E-state index in [1.165, 1.54) is 0 Å². The van der Waals surface area contributed by atoms with Crippen molar-refractivity contribution in [3.63, 3.8) is 0 Å². The second-order valence-corrected chi connectivity index (χ2v) is 4.84. The molecule has 0 radical (unpaired) electrons. The molecule has 0 saturated carbocycles. The van der Waals surface area contributed by atoms with E-state index >= 15 is 0 Å². The van der Waals surface area contributed by atoms with Crippen LogP contribution in [0.2, 0.25) is 0 Å². The SMILES string of the molecule is NC(=O)N1CCC(Nc2cccnc2Br)CC1. The Labute approximate surface area is 109 Å². The Morgan fingerprint density at radius 3 is 2.82 bits per heavy atom. The minimum atomic E-state index is -0.328. The van der Waals surface area contributed by atoms with Crippen LogP contribution in [0.3, 0.4) is 0 Å². The molecular weight excluding hydrogens is 284 g/mol. The van der Waals surface area contributed by atoms with Crippen LogP contribution in [0.25, 0.3) is 0 Å². The molecule has 0 atom stereocenters. The van der Waals surface area contributed by atoms with E-state index in [1.807, 2.05) is 12.1 Å². The predicted octanol–water partition coefficient (Wildman–Crippen LogP) is 1.80. The molecule has 17 heavy (non-hydrogen) atoms. The Morgan fingerprint density at radius 1 is 1.53 bits per heavy atom. The van der Waals surface area contributed by atoms with Gasteiger partial charge in [0.25, 0.3) is 0 Å². The molecule has 2 heterocycles. The minimum Gasteiger partial charge on any atom is -0.380 e. The number of aromatic nitrogens is 1. The molecule has 6 heteroatoms. The lowest BCUT2D eigenvalue weighted by atomic mass is 10.1. The number of pyridine rings is 1. The summed E-state index contributed by atoms with van der Waals surface area (Å²) in [5.74, 6) is 0. The summed E-state index contributed by atoms with van der Waals surface area (Å²) in [6, 6.07) is 3.92. The van der Waals surface area contributed by atoms with Crippen molar-refractivity contribution >= 4 is 27.6 Å². The van der Waals surface area contributed by atoms with E-state index in [1.54, 1.807) is 11.1 Å². The first kappa shape index (κ1) is 12.2. The van der Waals surface area contributed by atoms with E-state index in [-0.39, 0.29) is 6.03 Å². The van der Waals surface area contributed by atoms with Crippen LogP contribution in [0.4, 0.5) is 10.5 Å². The molecule has 5 nitrogen and oxygen atoms in total. The number of nitrogens with zero attached hydrogens (tertiary/aromatic N) is 2. The number of carbonyl (C=O) groups excluding carboxylic acids is 1. The van der Waals surface area contributed by atoms with Crippen molar-refractivity contribution in [3.05, 3.63) is 22.9 Å². The van der Waals surface area contributed by atoms with Gasteiger partial charge in [-0.3, -0.25) is 0 Å². The largest absolute Gasteiger partial charge is 0.380 e. The van der Waals surface area contributed by atoms with Crippen LogP contribution < -0.4 is 11.1 Å².